The molecule has 0 spiro atoms. The minimum Gasteiger partial charge on any atom is -0.313 e. The van der Waals surface area contributed by atoms with Crippen molar-refractivity contribution in [2.45, 2.75) is 25.3 Å². The van der Waals surface area contributed by atoms with Gasteiger partial charge in [0.2, 0.25) is 5.95 Å². The van der Waals surface area contributed by atoms with Crippen molar-refractivity contribution in [1.82, 2.24) is 15.3 Å². The molecular formula is C14H18N4O2S. The molecule has 1 heterocycles. The smallest absolute Gasteiger partial charge is 0.264 e. The first kappa shape index (κ1) is 15.4. The van der Waals surface area contributed by atoms with E-state index >= 15 is 0 Å². The van der Waals surface area contributed by atoms with Gasteiger partial charge in [0, 0.05) is 18.9 Å². The Morgan fingerprint density at radius 2 is 1.90 bits per heavy atom. The molecule has 0 unspecified atom stereocenters. The van der Waals surface area contributed by atoms with Crippen molar-refractivity contribution < 1.29 is 8.42 Å². The van der Waals surface area contributed by atoms with Crippen molar-refractivity contribution in [2.24, 2.45) is 0 Å². The monoisotopic (exact) mass is 306 g/mol. The molecule has 21 heavy (non-hydrogen) atoms. The highest BCUT2D eigenvalue weighted by atomic mass is 32.2. The predicted molar refractivity (Wildman–Crippen MR) is 81.4 cm³/mol. The Bertz CT molecular complexity index is 702. The highest BCUT2D eigenvalue weighted by Gasteiger charge is 2.16. The van der Waals surface area contributed by atoms with Gasteiger partial charge in [0.25, 0.3) is 10.0 Å². The third kappa shape index (κ3) is 3.99. The number of hydrogen-bond donors (Lipinski definition) is 2. The Balaban J connectivity index is 2.27. The Morgan fingerprint density at radius 1 is 1.19 bits per heavy atom. The van der Waals surface area contributed by atoms with E-state index in [4.69, 9.17) is 0 Å². The standard InChI is InChI=1S/C14H18N4O2S/c1-3-15-10-12-9-13(6-5-11(12)2)21(19,20)18-14-16-7-4-8-17-14/h4-9,15H,3,10H2,1-2H3,(H,16,17,18). The summed E-state index contributed by atoms with van der Waals surface area (Å²) in [5.74, 6) is 0.0614. The van der Waals surface area contributed by atoms with Gasteiger partial charge in [-0.2, -0.15) is 0 Å². The van der Waals surface area contributed by atoms with Crippen LogP contribution in [0.4, 0.5) is 5.95 Å². The SMILES string of the molecule is CCNCc1cc(S(=O)(=O)Nc2ncccn2)ccc1C. The molecule has 0 atom stereocenters. The van der Waals surface area contributed by atoms with Crippen LogP contribution in [-0.2, 0) is 16.6 Å². The fraction of sp³-hybridized carbons (Fsp3) is 0.286. The van der Waals surface area contributed by atoms with Crippen LogP contribution in [0.2, 0.25) is 0 Å². The second-order valence-electron chi connectivity index (χ2n) is 4.55. The summed E-state index contributed by atoms with van der Waals surface area (Å²) in [6, 6.07) is 6.67. The number of aryl methyl sites for hydroxylation is 1. The number of aromatic nitrogens is 2. The maximum Gasteiger partial charge on any atom is 0.264 e. The third-order valence-corrected chi connectivity index (χ3v) is 4.31. The Hall–Kier alpha value is -1.99. The zero-order chi connectivity index (χ0) is 15.3. The zero-order valence-corrected chi connectivity index (χ0v) is 12.8. The highest BCUT2D eigenvalue weighted by Crippen LogP contribution is 2.17. The van der Waals surface area contributed by atoms with Crippen molar-refractivity contribution in [2.75, 3.05) is 11.3 Å². The van der Waals surface area contributed by atoms with Crippen molar-refractivity contribution >= 4 is 16.0 Å². The molecule has 2 aromatic rings. The summed E-state index contributed by atoms with van der Waals surface area (Å²) in [6.07, 6.45) is 2.97. The highest BCUT2D eigenvalue weighted by molar-refractivity contribution is 7.92. The summed E-state index contributed by atoms with van der Waals surface area (Å²) in [6.45, 7) is 5.42. The van der Waals surface area contributed by atoms with E-state index in [2.05, 4.69) is 20.0 Å². The number of nitrogens with one attached hydrogen (secondary N) is 2. The molecule has 0 aliphatic carbocycles. The van der Waals surface area contributed by atoms with Crippen LogP contribution in [-0.4, -0.2) is 24.9 Å². The molecule has 2 N–H and O–H groups in total. The van der Waals surface area contributed by atoms with Crippen LogP contribution in [0, 0.1) is 6.92 Å². The Labute approximate surface area is 124 Å². The van der Waals surface area contributed by atoms with Crippen LogP contribution in [0.1, 0.15) is 18.1 Å². The fourth-order valence-corrected chi connectivity index (χ4v) is 2.80. The summed E-state index contributed by atoms with van der Waals surface area (Å²) >= 11 is 0. The molecule has 0 amide bonds. The number of hydrogen-bond acceptors (Lipinski definition) is 5. The molecule has 0 saturated carbocycles. The van der Waals surface area contributed by atoms with Crippen LogP contribution < -0.4 is 10.0 Å². The van der Waals surface area contributed by atoms with E-state index in [1.807, 2.05) is 13.8 Å². The van der Waals surface area contributed by atoms with Gasteiger partial charge in [0.15, 0.2) is 0 Å². The molecule has 7 heteroatoms. The lowest BCUT2D eigenvalue weighted by Crippen LogP contribution is -2.17. The second kappa shape index (κ2) is 6.64. The van der Waals surface area contributed by atoms with Gasteiger partial charge in [0.1, 0.15) is 0 Å². The number of sulfonamides is 1. The lowest BCUT2D eigenvalue weighted by atomic mass is 10.1. The number of benzene rings is 1. The molecule has 0 aliphatic rings. The molecule has 0 fully saturated rings. The normalized spacial score (nSPS) is 11.3. The van der Waals surface area contributed by atoms with E-state index in [9.17, 15) is 8.42 Å². The number of rotatable bonds is 6. The van der Waals surface area contributed by atoms with E-state index in [1.165, 1.54) is 12.4 Å². The molecule has 0 radical (unpaired) electrons. The lowest BCUT2D eigenvalue weighted by molar-refractivity contribution is 0.600. The van der Waals surface area contributed by atoms with E-state index in [0.29, 0.717) is 6.54 Å². The molecule has 6 nitrogen and oxygen atoms in total. The van der Waals surface area contributed by atoms with Crippen LogP contribution in [0.25, 0.3) is 0 Å². The average molecular weight is 306 g/mol. The number of anilines is 1. The molecule has 112 valence electrons. The Morgan fingerprint density at radius 3 is 2.57 bits per heavy atom. The molecule has 2 rings (SSSR count). The molecule has 0 saturated heterocycles. The zero-order valence-electron chi connectivity index (χ0n) is 12.0. The summed E-state index contributed by atoms with van der Waals surface area (Å²) in [5, 5.41) is 3.19. The molecule has 0 bridgehead atoms. The van der Waals surface area contributed by atoms with Crippen LogP contribution in [0.3, 0.4) is 0 Å². The largest absolute Gasteiger partial charge is 0.313 e. The summed E-state index contributed by atoms with van der Waals surface area (Å²) in [4.78, 5) is 7.93. The fourth-order valence-electron chi connectivity index (χ4n) is 1.80. The molecule has 0 aliphatic heterocycles. The first-order valence-corrected chi connectivity index (χ1v) is 8.11. The molecule has 1 aromatic heterocycles. The van der Waals surface area contributed by atoms with E-state index in [0.717, 1.165) is 17.7 Å². The topological polar surface area (TPSA) is 84.0 Å². The van der Waals surface area contributed by atoms with Crippen LogP contribution >= 0.6 is 0 Å². The lowest BCUT2D eigenvalue weighted by Gasteiger charge is -2.10. The molecule has 1 aromatic carbocycles. The van der Waals surface area contributed by atoms with Gasteiger partial charge in [-0.1, -0.05) is 13.0 Å². The summed E-state index contributed by atoms with van der Waals surface area (Å²) < 4.78 is 27.0. The minimum absolute atomic E-state index is 0.0614. The van der Waals surface area contributed by atoms with Crippen molar-refractivity contribution in [3.63, 3.8) is 0 Å². The maximum absolute atomic E-state index is 12.3. The van der Waals surface area contributed by atoms with Crippen molar-refractivity contribution in [3.8, 4) is 0 Å². The average Bonchev–Trinajstić information content (AvgIpc) is 2.47. The van der Waals surface area contributed by atoms with Gasteiger partial charge in [-0.25, -0.2) is 23.1 Å². The molecular weight excluding hydrogens is 288 g/mol. The Kier molecular flexibility index (Phi) is 4.87. The quantitative estimate of drug-likeness (QED) is 0.848. The van der Waals surface area contributed by atoms with Gasteiger partial charge < -0.3 is 5.32 Å². The summed E-state index contributed by atoms with van der Waals surface area (Å²) in [5.41, 5.74) is 2.00. The van der Waals surface area contributed by atoms with Gasteiger partial charge in [-0.15, -0.1) is 0 Å². The first-order valence-electron chi connectivity index (χ1n) is 6.63. The van der Waals surface area contributed by atoms with Gasteiger partial charge >= 0.3 is 0 Å². The minimum atomic E-state index is -3.68. The first-order chi connectivity index (χ1) is 10.0. The van der Waals surface area contributed by atoms with E-state index < -0.39 is 10.0 Å². The van der Waals surface area contributed by atoms with Gasteiger partial charge in [0.05, 0.1) is 4.90 Å². The van der Waals surface area contributed by atoms with E-state index in [-0.39, 0.29) is 10.8 Å². The predicted octanol–water partition coefficient (Wildman–Crippen LogP) is 1.70. The third-order valence-electron chi connectivity index (χ3n) is 2.99. The second-order valence-corrected chi connectivity index (χ2v) is 6.23. The summed E-state index contributed by atoms with van der Waals surface area (Å²) in [7, 11) is -3.68. The maximum atomic E-state index is 12.3. The van der Waals surface area contributed by atoms with Crippen LogP contribution in [0.15, 0.2) is 41.6 Å². The van der Waals surface area contributed by atoms with Crippen molar-refractivity contribution in [1.29, 1.82) is 0 Å². The number of nitrogens with zero attached hydrogens (tertiary/aromatic N) is 2. The van der Waals surface area contributed by atoms with Gasteiger partial charge in [-0.3, -0.25) is 0 Å². The van der Waals surface area contributed by atoms with Crippen molar-refractivity contribution in [3.05, 3.63) is 47.8 Å². The van der Waals surface area contributed by atoms with Gasteiger partial charge in [-0.05, 0) is 42.8 Å². The van der Waals surface area contributed by atoms with Crippen LogP contribution in [0.5, 0.6) is 0 Å². The van der Waals surface area contributed by atoms with E-state index in [1.54, 1.807) is 24.3 Å².